The molecule has 0 atom stereocenters. The maximum absolute atomic E-state index is 12.3. The quantitative estimate of drug-likeness (QED) is 0.633. The molecule has 1 aromatic rings. The van der Waals surface area contributed by atoms with Crippen LogP contribution in [0.5, 0.6) is 11.5 Å². The fourth-order valence-corrected chi connectivity index (χ4v) is 3.46. The van der Waals surface area contributed by atoms with Gasteiger partial charge in [-0.25, -0.2) is 8.42 Å². The number of nitrogens with zero attached hydrogens (tertiary/aromatic N) is 1. The number of likely N-dealkylation sites (tertiary alicyclic amines) is 1. The summed E-state index contributed by atoms with van der Waals surface area (Å²) in [6.07, 6.45) is 1.87. The number of sulfonamides is 1. The monoisotopic (exact) mass is 386 g/mol. The molecule has 0 aromatic heterocycles. The van der Waals surface area contributed by atoms with Crippen LogP contribution in [0.15, 0.2) is 23.1 Å². The lowest BCUT2D eigenvalue weighted by atomic mass is 10.3. The Kier molecular flexibility index (Phi) is 6.81. The molecule has 0 unspecified atom stereocenters. The van der Waals surface area contributed by atoms with E-state index in [2.05, 4.69) is 4.72 Å². The summed E-state index contributed by atoms with van der Waals surface area (Å²) in [7, 11) is -1.13. The molecule has 1 aliphatic heterocycles. The summed E-state index contributed by atoms with van der Waals surface area (Å²) in [5.74, 6) is -0.486. The Morgan fingerprint density at radius 2 is 1.77 bits per heavy atom. The second kappa shape index (κ2) is 8.86. The summed E-state index contributed by atoms with van der Waals surface area (Å²) in [5, 5.41) is 0. The highest BCUT2D eigenvalue weighted by Crippen LogP contribution is 2.29. The predicted molar refractivity (Wildman–Crippen MR) is 91.5 cm³/mol. The van der Waals surface area contributed by atoms with Crippen LogP contribution < -0.4 is 14.2 Å². The number of ether oxygens (including phenoxy) is 3. The van der Waals surface area contributed by atoms with Crippen LogP contribution in [0.1, 0.15) is 12.8 Å². The van der Waals surface area contributed by atoms with Gasteiger partial charge in [0.25, 0.3) is 5.91 Å². The molecule has 26 heavy (non-hydrogen) atoms. The van der Waals surface area contributed by atoms with E-state index in [0.717, 1.165) is 12.8 Å². The highest BCUT2D eigenvalue weighted by atomic mass is 32.2. The molecule has 1 saturated heterocycles. The van der Waals surface area contributed by atoms with Crippen LogP contribution in [0, 0.1) is 0 Å². The third-order valence-corrected chi connectivity index (χ3v) is 5.29. The Bertz CT molecular complexity index is 758. The number of nitrogens with one attached hydrogen (secondary N) is 1. The van der Waals surface area contributed by atoms with E-state index in [1.54, 1.807) is 4.90 Å². The second-order valence-corrected chi connectivity index (χ2v) is 7.36. The number of methoxy groups -OCH3 is 2. The van der Waals surface area contributed by atoms with Gasteiger partial charge in [-0.15, -0.1) is 0 Å². The highest BCUT2D eigenvalue weighted by Gasteiger charge is 2.21. The van der Waals surface area contributed by atoms with E-state index in [4.69, 9.17) is 14.2 Å². The van der Waals surface area contributed by atoms with Crippen molar-refractivity contribution in [2.75, 3.05) is 40.5 Å². The van der Waals surface area contributed by atoms with Crippen molar-refractivity contribution in [2.45, 2.75) is 17.7 Å². The summed E-state index contributed by atoms with van der Waals surface area (Å²) in [4.78, 5) is 25.0. The number of esters is 1. The van der Waals surface area contributed by atoms with Gasteiger partial charge in [-0.3, -0.25) is 9.59 Å². The molecule has 1 fully saturated rings. The van der Waals surface area contributed by atoms with Crippen molar-refractivity contribution >= 4 is 21.9 Å². The lowest BCUT2D eigenvalue weighted by Crippen LogP contribution is -2.35. The van der Waals surface area contributed by atoms with E-state index in [1.807, 2.05) is 0 Å². The zero-order valence-corrected chi connectivity index (χ0v) is 15.5. The summed E-state index contributed by atoms with van der Waals surface area (Å²) >= 11 is 0. The molecule has 1 amide bonds. The van der Waals surface area contributed by atoms with Crippen molar-refractivity contribution < 1.29 is 32.2 Å². The lowest BCUT2D eigenvalue weighted by Gasteiger charge is -2.15. The fraction of sp³-hybridized carbons (Fsp3) is 0.500. The Balaban J connectivity index is 1.88. The van der Waals surface area contributed by atoms with E-state index in [0.29, 0.717) is 18.8 Å². The largest absolute Gasteiger partial charge is 0.493 e. The van der Waals surface area contributed by atoms with E-state index in [1.165, 1.54) is 32.4 Å². The molecule has 0 radical (unpaired) electrons. The number of hydrogen-bond acceptors (Lipinski definition) is 7. The SMILES string of the molecule is COc1ccc(S(=O)(=O)NCC(=O)OCC(=O)N2CCCC2)cc1OC. The van der Waals surface area contributed by atoms with Crippen LogP contribution in [0.3, 0.4) is 0 Å². The van der Waals surface area contributed by atoms with Gasteiger partial charge in [0.1, 0.15) is 6.54 Å². The van der Waals surface area contributed by atoms with Crippen molar-refractivity contribution in [1.82, 2.24) is 9.62 Å². The molecular weight excluding hydrogens is 364 g/mol. The van der Waals surface area contributed by atoms with Gasteiger partial charge in [0, 0.05) is 19.2 Å². The first kappa shape index (κ1) is 20.0. The predicted octanol–water partition coefficient (Wildman–Crippen LogP) is 0.148. The van der Waals surface area contributed by atoms with Crippen molar-refractivity contribution in [3.63, 3.8) is 0 Å². The molecule has 1 aromatic carbocycles. The van der Waals surface area contributed by atoms with Crippen molar-refractivity contribution in [1.29, 1.82) is 0 Å². The Labute approximate surface area is 152 Å². The number of benzene rings is 1. The smallest absolute Gasteiger partial charge is 0.321 e. The van der Waals surface area contributed by atoms with E-state index in [-0.39, 0.29) is 16.6 Å². The van der Waals surface area contributed by atoms with Gasteiger partial charge in [-0.2, -0.15) is 4.72 Å². The summed E-state index contributed by atoms with van der Waals surface area (Å²) in [5.41, 5.74) is 0. The second-order valence-electron chi connectivity index (χ2n) is 5.59. The number of amides is 1. The molecule has 9 nitrogen and oxygen atoms in total. The topological polar surface area (TPSA) is 111 Å². The molecule has 0 spiro atoms. The molecule has 0 saturated carbocycles. The summed E-state index contributed by atoms with van der Waals surface area (Å²) < 4.78 is 41.6. The fourth-order valence-electron chi connectivity index (χ4n) is 2.47. The van der Waals surface area contributed by atoms with E-state index < -0.39 is 29.1 Å². The number of carbonyl (C=O) groups excluding carboxylic acids is 2. The normalized spacial score (nSPS) is 14.2. The minimum Gasteiger partial charge on any atom is -0.493 e. The zero-order chi connectivity index (χ0) is 19.2. The Morgan fingerprint density at radius 3 is 2.38 bits per heavy atom. The minimum atomic E-state index is -3.95. The molecule has 0 bridgehead atoms. The van der Waals surface area contributed by atoms with Crippen LogP contribution in [-0.4, -0.2) is 65.7 Å². The van der Waals surface area contributed by atoms with Gasteiger partial charge in [-0.05, 0) is 25.0 Å². The van der Waals surface area contributed by atoms with Gasteiger partial charge >= 0.3 is 5.97 Å². The highest BCUT2D eigenvalue weighted by molar-refractivity contribution is 7.89. The number of rotatable bonds is 8. The van der Waals surface area contributed by atoms with Crippen LogP contribution in [0.2, 0.25) is 0 Å². The van der Waals surface area contributed by atoms with Crippen LogP contribution in [-0.2, 0) is 24.3 Å². The summed E-state index contributed by atoms with van der Waals surface area (Å²) in [6.45, 7) is 0.339. The lowest BCUT2D eigenvalue weighted by molar-refractivity contribution is -0.150. The van der Waals surface area contributed by atoms with Gasteiger partial charge in [0.05, 0.1) is 19.1 Å². The Hall–Kier alpha value is -2.33. The standard InChI is InChI=1S/C16H22N2O7S/c1-23-13-6-5-12(9-14(13)24-2)26(21,22)17-10-16(20)25-11-15(19)18-7-3-4-8-18/h5-6,9,17H,3-4,7-8,10-11H2,1-2H3. The first-order valence-electron chi connectivity index (χ1n) is 8.02. The van der Waals surface area contributed by atoms with Gasteiger partial charge in [0.2, 0.25) is 10.0 Å². The maximum Gasteiger partial charge on any atom is 0.321 e. The van der Waals surface area contributed by atoms with Crippen molar-refractivity contribution in [3.8, 4) is 11.5 Å². The first-order valence-corrected chi connectivity index (χ1v) is 9.51. The van der Waals surface area contributed by atoms with E-state index in [9.17, 15) is 18.0 Å². The Morgan fingerprint density at radius 1 is 1.12 bits per heavy atom. The average molecular weight is 386 g/mol. The average Bonchev–Trinajstić information content (AvgIpc) is 3.18. The first-order chi connectivity index (χ1) is 12.4. The van der Waals surface area contributed by atoms with E-state index >= 15 is 0 Å². The number of carbonyl (C=O) groups is 2. The third kappa shape index (κ3) is 5.09. The molecular formula is C16H22N2O7S. The summed E-state index contributed by atoms with van der Waals surface area (Å²) in [6, 6.07) is 4.05. The molecule has 144 valence electrons. The molecule has 2 rings (SSSR count). The maximum atomic E-state index is 12.3. The van der Waals surface area contributed by atoms with Crippen LogP contribution in [0.4, 0.5) is 0 Å². The van der Waals surface area contributed by atoms with Gasteiger partial charge in [-0.1, -0.05) is 0 Å². The molecule has 1 aliphatic rings. The molecule has 1 heterocycles. The van der Waals surface area contributed by atoms with Crippen molar-refractivity contribution in [2.24, 2.45) is 0 Å². The van der Waals surface area contributed by atoms with Crippen LogP contribution >= 0.6 is 0 Å². The van der Waals surface area contributed by atoms with Crippen molar-refractivity contribution in [3.05, 3.63) is 18.2 Å². The van der Waals surface area contributed by atoms with Crippen LogP contribution in [0.25, 0.3) is 0 Å². The van der Waals surface area contributed by atoms with Gasteiger partial charge < -0.3 is 19.1 Å². The third-order valence-electron chi connectivity index (χ3n) is 3.89. The minimum absolute atomic E-state index is 0.0870. The molecule has 0 aliphatic carbocycles. The molecule has 10 heteroatoms. The zero-order valence-electron chi connectivity index (χ0n) is 14.7. The van der Waals surface area contributed by atoms with Gasteiger partial charge in [0.15, 0.2) is 18.1 Å². The molecule has 1 N–H and O–H groups in total. The number of hydrogen-bond donors (Lipinski definition) is 1.